The van der Waals surface area contributed by atoms with E-state index in [2.05, 4.69) is 9.80 Å². The fraction of sp³-hybridized carbons (Fsp3) is 1.00. The number of hydrogen-bond acceptors (Lipinski definition) is 3. The van der Waals surface area contributed by atoms with E-state index in [0.717, 1.165) is 30.8 Å². The lowest BCUT2D eigenvalue weighted by molar-refractivity contribution is 0.0683. The zero-order chi connectivity index (χ0) is 11.7. The molecule has 1 heterocycles. The van der Waals surface area contributed by atoms with Crippen LogP contribution >= 0.6 is 0 Å². The predicted octanol–water partition coefficient (Wildman–Crippen LogP) is 1.17. The van der Waals surface area contributed by atoms with Crippen LogP contribution in [-0.4, -0.2) is 60.3 Å². The maximum absolute atomic E-state index is 8.86. The third-order valence-corrected chi connectivity index (χ3v) is 5.21. The van der Waals surface area contributed by atoms with Crippen molar-refractivity contribution >= 4 is 0 Å². The van der Waals surface area contributed by atoms with Gasteiger partial charge in [-0.25, -0.2) is 0 Å². The molecule has 3 fully saturated rings. The van der Waals surface area contributed by atoms with Gasteiger partial charge < -0.3 is 10.0 Å². The van der Waals surface area contributed by atoms with Crippen LogP contribution in [0.4, 0.5) is 0 Å². The van der Waals surface area contributed by atoms with Crippen molar-refractivity contribution in [3.8, 4) is 0 Å². The van der Waals surface area contributed by atoms with E-state index >= 15 is 0 Å². The number of aliphatic hydroxyl groups is 1. The highest BCUT2D eigenvalue weighted by Gasteiger charge is 2.42. The summed E-state index contributed by atoms with van der Waals surface area (Å²) in [5, 5.41) is 8.86. The zero-order valence-corrected chi connectivity index (χ0v) is 10.9. The Bertz CT molecular complexity index is 251. The SMILES string of the molecule is OCCCN1CCN(C2CC3CCC2C3)CC1. The molecule has 3 unspecified atom stereocenters. The molecule has 98 valence electrons. The molecule has 1 aliphatic heterocycles. The second-order valence-corrected chi connectivity index (χ2v) is 6.20. The molecule has 2 saturated carbocycles. The average Bonchev–Trinajstić information content (AvgIpc) is 2.99. The Morgan fingerprint density at radius 3 is 2.41 bits per heavy atom. The van der Waals surface area contributed by atoms with Crippen molar-refractivity contribution in [2.45, 2.75) is 38.1 Å². The Morgan fingerprint density at radius 2 is 1.82 bits per heavy atom. The maximum Gasteiger partial charge on any atom is 0.0443 e. The molecule has 3 nitrogen and oxygen atoms in total. The average molecular weight is 238 g/mol. The van der Waals surface area contributed by atoms with Gasteiger partial charge in [0.15, 0.2) is 0 Å². The van der Waals surface area contributed by atoms with Crippen molar-refractivity contribution in [2.75, 3.05) is 39.3 Å². The second-order valence-electron chi connectivity index (χ2n) is 6.20. The fourth-order valence-electron chi connectivity index (χ4n) is 4.27. The van der Waals surface area contributed by atoms with Crippen molar-refractivity contribution in [3.63, 3.8) is 0 Å². The molecule has 2 aliphatic carbocycles. The van der Waals surface area contributed by atoms with Crippen LogP contribution in [0.1, 0.15) is 32.1 Å². The molecule has 0 aromatic heterocycles. The molecular weight excluding hydrogens is 212 g/mol. The lowest BCUT2D eigenvalue weighted by atomic mass is 9.93. The van der Waals surface area contributed by atoms with Gasteiger partial charge in [-0.15, -0.1) is 0 Å². The minimum absolute atomic E-state index is 0.340. The number of aliphatic hydroxyl groups excluding tert-OH is 1. The highest BCUT2D eigenvalue weighted by Crippen LogP contribution is 2.46. The van der Waals surface area contributed by atoms with Crippen molar-refractivity contribution in [1.29, 1.82) is 0 Å². The van der Waals surface area contributed by atoms with E-state index in [1.165, 1.54) is 51.9 Å². The number of nitrogens with zero attached hydrogens (tertiary/aromatic N) is 2. The van der Waals surface area contributed by atoms with Gasteiger partial charge in [0.25, 0.3) is 0 Å². The smallest absolute Gasteiger partial charge is 0.0443 e. The molecule has 0 radical (unpaired) electrons. The maximum atomic E-state index is 8.86. The molecule has 1 N–H and O–H groups in total. The van der Waals surface area contributed by atoms with E-state index in [1.807, 2.05) is 0 Å². The van der Waals surface area contributed by atoms with Crippen molar-refractivity contribution in [3.05, 3.63) is 0 Å². The zero-order valence-electron chi connectivity index (χ0n) is 10.9. The lowest BCUT2D eigenvalue weighted by Crippen LogP contribution is -2.51. The molecule has 0 aromatic rings. The van der Waals surface area contributed by atoms with Gasteiger partial charge in [-0.05, 0) is 37.5 Å². The minimum Gasteiger partial charge on any atom is -0.396 e. The van der Waals surface area contributed by atoms with Crippen LogP contribution < -0.4 is 0 Å². The number of fused-ring (bicyclic) bond motifs is 2. The minimum atomic E-state index is 0.340. The van der Waals surface area contributed by atoms with Gasteiger partial charge in [0, 0.05) is 45.4 Å². The van der Waals surface area contributed by atoms with Crippen LogP contribution in [0, 0.1) is 11.8 Å². The van der Waals surface area contributed by atoms with Gasteiger partial charge in [-0.3, -0.25) is 4.90 Å². The van der Waals surface area contributed by atoms with Crippen LogP contribution in [0.2, 0.25) is 0 Å². The summed E-state index contributed by atoms with van der Waals surface area (Å²) in [6.45, 7) is 6.38. The summed E-state index contributed by atoms with van der Waals surface area (Å²) in [6.07, 6.45) is 6.96. The molecule has 17 heavy (non-hydrogen) atoms. The van der Waals surface area contributed by atoms with Crippen LogP contribution in [0.3, 0.4) is 0 Å². The molecule has 0 spiro atoms. The van der Waals surface area contributed by atoms with Crippen LogP contribution in [0.25, 0.3) is 0 Å². The third-order valence-electron chi connectivity index (χ3n) is 5.21. The molecule has 3 aliphatic rings. The van der Waals surface area contributed by atoms with Crippen molar-refractivity contribution < 1.29 is 5.11 Å². The summed E-state index contributed by atoms with van der Waals surface area (Å²) in [4.78, 5) is 5.28. The van der Waals surface area contributed by atoms with E-state index in [0.29, 0.717) is 6.61 Å². The van der Waals surface area contributed by atoms with E-state index in [4.69, 9.17) is 5.11 Å². The summed E-state index contributed by atoms with van der Waals surface area (Å²) in [5.41, 5.74) is 0. The van der Waals surface area contributed by atoms with Gasteiger partial charge >= 0.3 is 0 Å². The van der Waals surface area contributed by atoms with Crippen molar-refractivity contribution in [2.24, 2.45) is 11.8 Å². The number of rotatable bonds is 4. The van der Waals surface area contributed by atoms with Gasteiger partial charge in [0.05, 0.1) is 0 Å². The molecule has 3 heteroatoms. The first-order valence-electron chi connectivity index (χ1n) is 7.44. The van der Waals surface area contributed by atoms with E-state index in [1.54, 1.807) is 0 Å². The Morgan fingerprint density at radius 1 is 1.00 bits per heavy atom. The summed E-state index contributed by atoms with van der Waals surface area (Å²) in [7, 11) is 0. The third kappa shape index (κ3) is 2.51. The quantitative estimate of drug-likeness (QED) is 0.796. The molecule has 3 rings (SSSR count). The molecule has 2 bridgehead atoms. The predicted molar refractivity (Wildman–Crippen MR) is 69.0 cm³/mol. The molecule has 0 amide bonds. The first kappa shape index (κ1) is 11.9. The van der Waals surface area contributed by atoms with E-state index < -0.39 is 0 Å². The van der Waals surface area contributed by atoms with Gasteiger partial charge in [0.1, 0.15) is 0 Å². The Kier molecular flexibility index (Phi) is 3.69. The topological polar surface area (TPSA) is 26.7 Å². The van der Waals surface area contributed by atoms with Gasteiger partial charge in [-0.2, -0.15) is 0 Å². The summed E-state index contributed by atoms with van der Waals surface area (Å²) in [5.74, 6) is 2.10. The summed E-state index contributed by atoms with van der Waals surface area (Å²) in [6, 6.07) is 0.925. The van der Waals surface area contributed by atoms with Crippen LogP contribution in [0.5, 0.6) is 0 Å². The molecular formula is C14H26N2O. The highest BCUT2D eigenvalue weighted by molar-refractivity contribution is 4.96. The molecule has 0 aromatic carbocycles. The van der Waals surface area contributed by atoms with Gasteiger partial charge in [0.2, 0.25) is 0 Å². The normalized spacial score (nSPS) is 39.0. The summed E-state index contributed by atoms with van der Waals surface area (Å²) < 4.78 is 0. The van der Waals surface area contributed by atoms with Crippen LogP contribution in [-0.2, 0) is 0 Å². The monoisotopic (exact) mass is 238 g/mol. The first-order valence-corrected chi connectivity index (χ1v) is 7.44. The largest absolute Gasteiger partial charge is 0.396 e. The number of hydrogen-bond donors (Lipinski definition) is 1. The standard InChI is InChI=1S/C14H26N2O/c17-9-1-4-15-5-7-16(8-6-15)14-11-12-2-3-13(14)10-12/h12-14,17H,1-11H2. The Hall–Kier alpha value is -0.120. The molecule has 3 atom stereocenters. The highest BCUT2D eigenvalue weighted by atomic mass is 16.3. The van der Waals surface area contributed by atoms with Crippen LogP contribution in [0.15, 0.2) is 0 Å². The lowest BCUT2D eigenvalue weighted by Gasteiger charge is -2.41. The van der Waals surface area contributed by atoms with E-state index in [-0.39, 0.29) is 0 Å². The molecule has 1 saturated heterocycles. The second kappa shape index (κ2) is 5.25. The number of piperazine rings is 1. The fourth-order valence-corrected chi connectivity index (χ4v) is 4.27. The Labute approximate surface area is 105 Å². The summed E-state index contributed by atoms with van der Waals surface area (Å²) >= 11 is 0. The van der Waals surface area contributed by atoms with Gasteiger partial charge in [-0.1, -0.05) is 6.42 Å². The van der Waals surface area contributed by atoms with E-state index in [9.17, 15) is 0 Å². The first-order chi connectivity index (χ1) is 8.36. The Balaban J connectivity index is 1.45. The van der Waals surface area contributed by atoms with Crippen molar-refractivity contribution in [1.82, 2.24) is 9.80 Å².